The molecule has 3 atom stereocenters. The van der Waals surface area contributed by atoms with Gasteiger partial charge in [0.25, 0.3) is 5.91 Å². The third-order valence-corrected chi connectivity index (χ3v) is 3.84. The molecule has 1 aliphatic carbocycles. The van der Waals surface area contributed by atoms with Gasteiger partial charge in [-0.1, -0.05) is 30.4 Å². The van der Waals surface area contributed by atoms with Crippen LogP contribution in [0.4, 0.5) is 0 Å². The summed E-state index contributed by atoms with van der Waals surface area (Å²) in [6.07, 6.45) is 8.59. The van der Waals surface area contributed by atoms with Gasteiger partial charge in [0.1, 0.15) is 0 Å². The molecule has 1 spiro atoms. The van der Waals surface area contributed by atoms with Crippen LogP contribution in [0, 0.1) is 5.41 Å². The molecule has 1 N–H and O–H groups in total. The zero-order chi connectivity index (χ0) is 11.9. The van der Waals surface area contributed by atoms with Gasteiger partial charge >= 0.3 is 0 Å². The van der Waals surface area contributed by atoms with Crippen molar-refractivity contribution in [3.05, 3.63) is 36.0 Å². The van der Waals surface area contributed by atoms with Crippen molar-refractivity contribution in [1.82, 2.24) is 4.90 Å². The van der Waals surface area contributed by atoms with E-state index in [1.165, 1.54) is 0 Å². The fraction of sp³-hybridized carbons (Fsp3) is 0.462. The molecule has 1 saturated heterocycles. The van der Waals surface area contributed by atoms with E-state index in [1.54, 1.807) is 18.0 Å². The summed E-state index contributed by atoms with van der Waals surface area (Å²) in [5, 5.41) is 10.2. The summed E-state index contributed by atoms with van der Waals surface area (Å²) in [7, 11) is 1.78. The quantitative estimate of drug-likeness (QED) is 0.623. The lowest BCUT2D eigenvalue weighted by atomic mass is 9.70. The Morgan fingerprint density at radius 3 is 2.75 bits per heavy atom. The van der Waals surface area contributed by atoms with E-state index in [-0.39, 0.29) is 11.9 Å². The van der Waals surface area contributed by atoms with E-state index in [0.717, 1.165) is 0 Å². The first-order chi connectivity index (χ1) is 7.55. The van der Waals surface area contributed by atoms with Crippen LogP contribution in [0.25, 0.3) is 0 Å². The lowest BCUT2D eigenvalue weighted by Gasteiger charge is -2.36. The van der Waals surface area contributed by atoms with Crippen LogP contribution in [0.3, 0.4) is 0 Å². The predicted molar refractivity (Wildman–Crippen MR) is 62.7 cm³/mol. The van der Waals surface area contributed by atoms with Crippen molar-refractivity contribution in [3.63, 3.8) is 0 Å². The highest BCUT2D eigenvalue weighted by molar-refractivity contribution is 5.98. The van der Waals surface area contributed by atoms with Crippen LogP contribution in [-0.2, 0) is 4.79 Å². The maximum absolute atomic E-state index is 12.1. The van der Waals surface area contributed by atoms with Crippen molar-refractivity contribution in [2.45, 2.75) is 26.0 Å². The van der Waals surface area contributed by atoms with Gasteiger partial charge < -0.3 is 10.0 Å². The molecule has 3 nitrogen and oxygen atoms in total. The molecular weight excluding hydrogens is 202 g/mol. The van der Waals surface area contributed by atoms with E-state index in [9.17, 15) is 9.90 Å². The van der Waals surface area contributed by atoms with Gasteiger partial charge in [0.05, 0.1) is 11.5 Å². The number of carbonyl (C=O) groups excluding carboxylic acids is 1. The Morgan fingerprint density at radius 2 is 2.19 bits per heavy atom. The second-order valence-electron chi connectivity index (χ2n) is 4.42. The number of rotatable bonds is 0. The van der Waals surface area contributed by atoms with Gasteiger partial charge in [-0.2, -0.15) is 0 Å². The summed E-state index contributed by atoms with van der Waals surface area (Å²) >= 11 is 0. The molecule has 2 rings (SSSR count). The van der Waals surface area contributed by atoms with E-state index in [0.29, 0.717) is 5.57 Å². The molecule has 16 heavy (non-hydrogen) atoms. The molecule has 0 radical (unpaired) electrons. The average Bonchev–Trinajstić information content (AvgIpc) is 2.46. The number of aliphatic hydroxyl groups is 1. The topological polar surface area (TPSA) is 40.5 Å². The molecule has 0 aromatic carbocycles. The van der Waals surface area contributed by atoms with E-state index in [2.05, 4.69) is 0 Å². The Bertz CT molecular complexity index is 408. The molecular formula is C13H17NO2. The maximum Gasteiger partial charge on any atom is 0.250 e. The lowest BCUT2D eigenvalue weighted by Crippen LogP contribution is -2.43. The highest BCUT2D eigenvalue weighted by Gasteiger charge is 2.54. The minimum absolute atomic E-state index is 0.00833. The van der Waals surface area contributed by atoms with Crippen LogP contribution in [0.1, 0.15) is 13.8 Å². The molecule has 0 saturated carbocycles. The number of hydrogen-bond donors (Lipinski definition) is 1. The number of allylic oxidation sites excluding steroid dienone is 3. The van der Waals surface area contributed by atoms with E-state index < -0.39 is 11.5 Å². The predicted octanol–water partition coefficient (Wildman–Crippen LogP) is 1.27. The zero-order valence-corrected chi connectivity index (χ0v) is 9.84. The first-order valence-electron chi connectivity index (χ1n) is 5.53. The molecule has 2 aliphatic rings. The fourth-order valence-electron chi connectivity index (χ4n) is 2.75. The largest absolute Gasteiger partial charge is 0.388 e. The molecule has 2 unspecified atom stereocenters. The average molecular weight is 219 g/mol. The van der Waals surface area contributed by atoms with Gasteiger partial charge in [0.15, 0.2) is 0 Å². The summed E-state index contributed by atoms with van der Waals surface area (Å²) in [5.74, 6) is 0.00833. The van der Waals surface area contributed by atoms with Crippen LogP contribution in [0.15, 0.2) is 36.0 Å². The van der Waals surface area contributed by atoms with Gasteiger partial charge in [0, 0.05) is 18.7 Å². The molecule has 0 aromatic rings. The SMILES string of the molecule is C/C=C1\C(=O)N(C)[C@@H](C)C12C=CC=CC2O. The van der Waals surface area contributed by atoms with Gasteiger partial charge in [-0.15, -0.1) is 0 Å². The maximum atomic E-state index is 12.1. The fourth-order valence-corrected chi connectivity index (χ4v) is 2.75. The minimum Gasteiger partial charge on any atom is -0.388 e. The number of aliphatic hydroxyl groups excluding tert-OH is 1. The van der Waals surface area contributed by atoms with Crippen LogP contribution >= 0.6 is 0 Å². The number of carbonyl (C=O) groups is 1. The van der Waals surface area contributed by atoms with Gasteiger partial charge in [-0.3, -0.25) is 4.79 Å². The summed E-state index contributed by atoms with van der Waals surface area (Å²) in [5.41, 5.74) is 0.116. The van der Waals surface area contributed by atoms with Crippen molar-refractivity contribution in [2.24, 2.45) is 5.41 Å². The highest BCUT2D eigenvalue weighted by Crippen LogP contribution is 2.47. The van der Waals surface area contributed by atoms with Gasteiger partial charge in [-0.05, 0) is 13.8 Å². The summed E-state index contributed by atoms with van der Waals surface area (Å²) in [6.45, 7) is 3.82. The number of hydrogen-bond acceptors (Lipinski definition) is 2. The van der Waals surface area contributed by atoms with Crippen LogP contribution < -0.4 is 0 Å². The third kappa shape index (κ3) is 1.15. The van der Waals surface area contributed by atoms with E-state index in [1.807, 2.05) is 38.2 Å². The Kier molecular flexibility index (Phi) is 2.50. The Balaban J connectivity index is 2.58. The molecule has 0 bridgehead atoms. The minimum atomic E-state index is -0.632. The Morgan fingerprint density at radius 1 is 1.50 bits per heavy atom. The zero-order valence-electron chi connectivity index (χ0n) is 9.84. The molecule has 1 amide bonds. The molecule has 1 aliphatic heterocycles. The second kappa shape index (κ2) is 3.59. The smallest absolute Gasteiger partial charge is 0.250 e. The van der Waals surface area contributed by atoms with Crippen molar-refractivity contribution in [3.8, 4) is 0 Å². The third-order valence-electron chi connectivity index (χ3n) is 3.84. The molecule has 1 heterocycles. The normalized spacial score (nSPS) is 40.4. The Hall–Kier alpha value is -1.35. The van der Waals surface area contributed by atoms with Crippen molar-refractivity contribution in [2.75, 3.05) is 7.05 Å². The molecule has 0 aromatic heterocycles. The first kappa shape index (κ1) is 11.1. The lowest BCUT2D eigenvalue weighted by molar-refractivity contribution is -0.124. The summed E-state index contributed by atoms with van der Waals surface area (Å²) in [6, 6.07) is -0.0256. The number of likely N-dealkylation sites (tertiary alicyclic amines) is 1. The van der Waals surface area contributed by atoms with Crippen LogP contribution in [-0.4, -0.2) is 35.1 Å². The van der Waals surface area contributed by atoms with E-state index >= 15 is 0 Å². The Labute approximate surface area is 95.8 Å². The molecule has 1 fully saturated rings. The first-order valence-corrected chi connectivity index (χ1v) is 5.53. The number of nitrogens with zero attached hydrogens (tertiary/aromatic N) is 1. The van der Waals surface area contributed by atoms with Crippen LogP contribution in [0.5, 0.6) is 0 Å². The van der Waals surface area contributed by atoms with Gasteiger partial charge in [-0.25, -0.2) is 0 Å². The monoisotopic (exact) mass is 219 g/mol. The van der Waals surface area contributed by atoms with Crippen molar-refractivity contribution < 1.29 is 9.90 Å². The number of amides is 1. The van der Waals surface area contributed by atoms with Gasteiger partial charge in [0.2, 0.25) is 0 Å². The standard InChI is InChI=1S/C13H17NO2/c1-4-10-12(16)14(3)9(2)13(10)8-6-5-7-11(13)15/h4-9,11,15H,1-3H3/b10-4+/t9-,11?,13?/m0/s1. The van der Waals surface area contributed by atoms with Crippen LogP contribution in [0.2, 0.25) is 0 Å². The summed E-state index contributed by atoms with van der Waals surface area (Å²) < 4.78 is 0. The molecule has 86 valence electrons. The highest BCUT2D eigenvalue weighted by atomic mass is 16.3. The number of likely N-dealkylation sites (N-methyl/N-ethyl adjacent to an activating group) is 1. The van der Waals surface area contributed by atoms with Crippen molar-refractivity contribution >= 4 is 5.91 Å². The molecule has 3 heteroatoms. The van der Waals surface area contributed by atoms with E-state index in [4.69, 9.17) is 0 Å². The second-order valence-corrected chi connectivity index (χ2v) is 4.42. The van der Waals surface area contributed by atoms with Crippen molar-refractivity contribution in [1.29, 1.82) is 0 Å². The summed E-state index contributed by atoms with van der Waals surface area (Å²) in [4.78, 5) is 13.8.